The van der Waals surface area contributed by atoms with Crippen LogP contribution in [0.3, 0.4) is 0 Å². The molecule has 0 unspecified atom stereocenters. The summed E-state index contributed by atoms with van der Waals surface area (Å²) in [5, 5.41) is 10.1. The van der Waals surface area contributed by atoms with Crippen LogP contribution in [0.15, 0.2) is 36.4 Å². The molecule has 0 heterocycles. The Kier molecular flexibility index (Phi) is 6.89. The summed E-state index contributed by atoms with van der Waals surface area (Å²) in [6, 6.07) is 10.2. The molecule has 0 fully saturated rings. The number of hydrogen-bond acceptors (Lipinski definition) is 3. The summed E-state index contributed by atoms with van der Waals surface area (Å²) in [6.07, 6.45) is 0. The molecule has 1 radical (unpaired) electrons. The van der Waals surface area contributed by atoms with Crippen LogP contribution in [0.2, 0.25) is 0 Å². The van der Waals surface area contributed by atoms with E-state index in [1.54, 1.807) is 71.6 Å². The van der Waals surface area contributed by atoms with Crippen molar-refractivity contribution in [3.63, 3.8) is 0 Å². The maximum atomic E-state index is 14.2. The Morgan fingerprint density at radius 2 is 1.57 bits per heavy atom. The van der Waals surface area contributed by atoms with Crippen LogP contribution in [0.4, 0.5) is 8.78 Å². The van der Waals surface area contributed by atoms with Crippen LogP contribution >= 0.6 is 0 Å². The lowest BCUT2D eigenvalue weighted by Gasteiger charge is -2.37. The predicted octanol–water partition coefficient (Wildman–Crippen LogP) is 4.48. The lowest BCUT2D eigenvalue weighted by atomic mass is 9.82. The molecule has 0 saturated carbocycles. The van der Waals surface area contributed by atoms with E-state index in [9.17, 15) is 13.9 Å². The third-order valence-corrected chi connectivity index (χ3v) is 5.05. The molecule has 6 heteroatoms. The molecule has 1 N–H and O–H groups in total. The van der Waals surface area contributed by atoms with E-state index in [-0.39, 0.29) is 18.1 Å². The number of benzene rings is 2. The molecule has 28 heavy (non-hydrogen) atoms. The minimum absolute atomic E-state index is 0.0631. The normalized spacial score (nSPS) is 12.4. The summed E-state index contributed by atoms with van der Waals surface area (Å²) in [5.41, 5.74) is -0.436. The van der Waals surface area contributed by atoms with E-state index in [1.165, 1.54) is 0 Å². The lowest BCUT2D eigenvalue weighted by Crippen LogP contribution is -2.49. The van der Waals surface area contributed by atoms with Gasteiger partial charge >= 0.3 is 7.48 Å². The number of aliphatic hydroxyl groups is 1. The number of rotatable bonds is 8. The first-order valence-electron chi connectivity index (χ1n) is 9.35. The Hall–Kier alpha value is -1.92. The summed E-state index contributed by atoms with van der Waals surface area (Å²) in [5.74, 6) is -1.23. The van der Waals surface area contributed by atoms with Crippen molar-refractivity contribution in [3.8, 4) is 5.75 Å². The maximum Gasteiger partial charge on any atom is 0.330 e. The Morgan fingerprint density at radius 3 is 2.11 bits per heavy atom. The van der Waals surface area contributed by atoms with Crippen molar-refractivity contribution in [1.29, 1.82) is 0 Å². The van der Waals surface area contributed by atoms with E-state index in [4.69, 9.17) is 9.39 Å². The molecule has 0 spiro atoms. The van der Waals surface area contributed by atoms with Gasteiger partial charge < -0.3 is 14.5 Å². The van der Waals surface area contributed by atoms with Crippen molar-refractivity contribution in [2.75, 3.05) is 0 Å². The minimum atomic E-state index is -1.00. The van der Waals surface area contributed by atoms with Gasteiger partial charge in [-0.3, -0.25) is 0 Å². The molecule has 0 aromatic heterocycles. The maximum absolute atomic E-state index is 14.2. The molecule has 2 aromatic rings. The molecule has 0 saturated heterocycles. The van der Waals surface area contributed by atoms with Gasteiger partial charge in [-0.2, -0.15) is 0 Å². The second kappa shape index (κ2) is 8.62. The topological polar surface area (TPSA) is 38.7 Å². The third kappa shape index (κ3) is 5.33. The zero-order valence-electron chi connectivity index (χ0n) is 17.3. The summed E-state index contributed by atoms with van der Waals surface area (Å²) >= 11 is 0. The van der Waals surface area contributed by atoms with E-state index < -0.39 is 22.8 Å². The van der Waals surface area contributed by atoms with Crippen LogP contribution in [-0.2, 0) is 11.3 Å². The Bertz CT molecular complexity index is 797. The number of hydrogen-bond donors (Lipinski definition) is 1. The smallest absolute Gasteiger partial charge is 0.330 e. The fraction of sp³-hybridized carbons (Fsp3) is 0.455. The number of ether oxygens (including phenoxy) is 1. The highest BCUT2D eigenvalue weighted by molar-refractivity contribution is 6.47. The van der Waals surface area contributed by atoms with Crippen molar-refractivity contribution in [2.45, 2.75) is 65.3 Å². The van der Waals surface area contributed by atoms with Crippen molar-refractivity contribution in [1.82, 2.24) is 0 Å². The Morgan fingerprint density at radius 1 is 0.964 bits per heavy atom. The van der Waals surface area contributed by atoms with Gasteiger partial charge in [0.2, 0.25) is 0 Å². The van der Waals surface area contributed by atoms with E-state index in [1.807, 2.05) is 13.8 Å². The predicted molar refractivity (Wildman–Crippen MR) is 108 cm³/mol. The molecule has 0 aliphatic rings. The van der Waals surface area contributed by atoms with E-state index in [2.05, 4.69) is 0 Å². The van der Waals surface area contributed by atoms with E-state index in [0.29, 0.717) is 11.3 Å². The molecule has 151 valence electrons. The molecule has 0 bridgehead atoms. The van der Waals surface area contributed by atoms with E-state index in [0.717, 1.165) is 5.46 Å². The van der Waals surface area contributed by atoms with Crippen molar-refractivity contribution in [3.05, 3.63) is 59.2 Å². The molecule has 2 aromatic carbocycles. The van der Waals surface area contributed by atoms with Crippen molar-refractivity contribution in [2.24, 2.45) is 0 Å². The summed E-state index contributed by atoms with van der Waals surface area (Å²) in [7, 11) is 1.57. The summed E-state index contributed by atoms with van der Waals surface area (Å²) in [4.78, 5) is 0. The second-order valence-corrected chi connectivity index (χ2v) is 8.26. The van der Waals surface area contributed by atoms with Gasteiger partial charge in [-0.15, -0.1) is 0 Å². The minimum Gasteiger partial charge on any atom is -0.489 e. The van der Waals surface area contributed by atoms with Crippen LogP contribution < -0.4 is 10.2 Å². The molecular formula is C22H28BF2O3. The first kappa shape index (κ1) is 22.4. The third-order valence-electron chi connectivity index (χ3n) is 5.05. The molecular weight excluding hydrogens is 361 g/mol. The van der Waals surface area contributed by atoms with Gasteiger partial charge in [0, 0.05) is 5.56 Å². The molecule has 0 amide bonds. The van der Waals surface area contributed by atoms with Crippen LogP contribution in [0.5, 0.6) is 5.75 Å². The second-order valence-electron chi connectivity index (χ2n) is 8.26. The zero-order valence-corrected chi connectivity index (χ0v) is 17.3. The van der Waals surface area contributed by atoms with Gasteiger partial charge in [0.1, 0.15) is 12.4 Å². The van der Waals surface area contributed by atoms with Gasteiger partial charge in [-0.05, 0) is 51.3 Å². The van der Waals surface area contributed by atoms with Gasteiger partial charge in [0.25, 0.3) is 0 Å². The van der Waals surface area contributed by atoms with Gasteiger partial charge in [0.05, 0.1) is 11.2 Å². The van der Waals surface area contributed by atoms with Crippen molar-refractivity contribution >= 4 is 12.9 Å². The van der Waals surface area contributed by atoms with E-state index >= 15 is 0 Å². The highest BCUT2D eigenvalue weighted by Crippen LogP contribution is 2.25. The van der Waals surface area contributed by atoms with Crippen LogP contribution in [0.25, 0.3) is 0 Å². The average molecular weight is 389 g/mol. The SMILES string of the molecule is CC(C)c1ccc(COc2ccc([B]OC(C)(C)C(C)(C)O)cc2)c(F)c1F. The summed E-state index contributed by atoms with van der Waals surface area (Å²) < 4.78 is 39.6. The fourth-order valence-electron chi connectivity index (χ4n) is 2.33. The molecule has 0 atom stereocenters. The molecule has 0 aliphatic heterocycles. The highest BCUT2D eigenvalue weighted by Gasteiger charge is 2.35. The Balaban J connectivity index is 1.98. The molecule has 3 nitrogen and oxygen atoms in total. The van der Waals surface area contributed by atoms with Gasteiger partial charge in [0.15, 0.2) is 11.6 Å². The average Bonchev–Trinajstić information content (AvgIpc) is 2.61. The summed E-state index contributed by atoms with van der Waals surface area (Å²) in [6.45, 7) is 10.6. The quantitative estimate of drug-likeness (QED) is 0.677. The first-order valence-corrected chi connectivity index (χ1v) is 9.35. The highest BCUT2D eigenvalue weighted by atomic mass is 19.2. The van der Waals surface area contributed by atoms with Crippen LogP contribution in [-0.4, -0.2) is 23.8 Å². The standard InChI is InChI=1S/C22H28BF2O3/c1-14(2)18-12-7-15(19(24)20(18)25)13-27-17-10-8-16(9-11-17)23-28-22(5,6)21(3,4)26/h7-12,14,26H,13H2,1-6H3. The van der Waals surface area contributed by atoms with Crippen LogP contribution in [0, 0.1) is 11.6 Å². The Labute approximate surface area is 167 Å². The fourth-order valence-corrected chi connectivity index (χ4v) is 2.33. The molecule has 2 rings (SSSR count). The van der Waals surface area contributed by atoms with Crippen LogP contribution in [0.1, 0.15) is 58.6 Å². The lowest BCUT2D eigenvalue weighted by molar-refractivity contribution is -0.0893. The van der Waals surface area contributed by atoms with Gasteiger partial charge in [-0.1, -0.05) is 43.6 Å². The van der Waals surface area contributed by atoms with Crippen molar-refractivity contribution < 1.29 is 23.3 Å². The molecule has 0 aliphatic carbocycles. The number of halogens is 2. The van der Waals surface area contributed by atoms with Gasteiger partial charge in [-0.25, -0.2) is 8.78 Å². The largest absolute Gasteiger partial charge is 0.489 e. The monoisotopic (exact) mass is 389 g/mol. The zero-order chi connectivity index (χ0) is 21.1. The first-order chi connectivity index (χ1) is 12.9.